The quantitative estimate of drug-likeness (QED) is 0.793. The van der Waals surface area contributed by atoms with E-state index >= 15 is 0 Å². The van der Waals surface area contributed by atoms with Gasteiger partial charge in [0.05, 0.1) is 16.1 Å². The maximum atomic E-state index is 12.5. The van der Waals surface area contributed by atoms with Crippen molar-refractivity contribution in [3.63, 3.8) is 0 Å². The van der Waals surface area contributed by atoms with Gasteiger partial charge in [0.15, 0.2) is 0 Å². The number of thiophene rings is 1. The summed E-state index contributed by atoms with van der Waals surface area (Å²) in [6.45, 7) is 1.13. The highest BCUT2D eigenvalue weighted by atomic mass is 32.1. The predicted molar refractivity (Wildman–Crippen MR) is 92.3 cm³/mol. The zero-order valence-electron chi connectivity index (χ0n) is 13.2. The highest BCUT2D eigenvalue weighted by Crippen LogP contribution is 2.22. The average molecular weight is 332 g/mol. The van der Waals surface area contributed by atoms with Gasteiger partial charge >= 0.3 is 0 Å². The van der Waals surface area contributed by atoms with Crippen molar-refractivity contribution in [1.29, 1.82) is 0 Å². The van der Waals surface area contributed by atoms with Crippen LogP contribution in [0.5, 0.6) is 0 Å². The number of nitrogens with one attached hydrogen (secondary N) is 1. The molecule has 122 valence electrons. The Labute approximate surface area is 139 Å². The zero-order chi connectivity index (χ0) is 16.7. The molecule has 0 saturated carbocycles. The molecule has 0 bridgehead atoms. The normalized spacial score (nSPS) is 10.3. The summed E-state index contributed by atoms with van der Waals surface area (Å²) >= 11 is 1.38. The van der Waals surface area contributed by atoms with E-state index in [9.17, 15) is 9.59 Å². The number of carbonyl (C=O) groups excluding carboxylic acids is 2. The van der Waals surface area contributed by atoms with Crippen LogP contribution in [0, 0.1) is 0 Å². The smallest absolute Gasteiger partial charge is 0.268 e. The summed E-state index contributed by atoms with van der Waals surface area (Å²) in [6, 6.07) is 10.7. The first-order chi connectivity index (χ1) is 11.1. The van der Waals surface area contributed by atoms with Crippen molar-refractivity contribution in [3.8, 4) is 0 Å². The number of carbonyl (C=O) groups is 2. The number of ether oxygens (including phenoxy) is 1. The monoisotopic (exact) mass is 332 g/mol. The first-order valence-electron chi connectivity index (χ1n) is 7.33. The number of methoxy groups -OCH3 is 1. The summed E-state index contributed by atoms with van der Waals surface area (Å²) in [5.74, 6) is -0.317. The SMILES string of the molecule is COCCCNC(=O)c1ccccc1N(C)C(=O)c1cccs1. The number of anilines is 1. The molecule has 0 atom stereocenters. The standard InChI is InChI=1S/C17H20N2O3S/c1-19(17(21)15-9-5-12-23-15)14-8-4-3-7-13(14)16(20)18-10-6-11-22-2/h3-5,7-9,12H,6,10-11H2,1-2H3,(H,18,20). The van der Waals surface area contributed by atoms with Crippen LogP contribution in [-0.2, 0) is 4.74 Å². The van der Waals surface area contributed by atoms with E-state index in [4.69, 9.17) is 4.74 Å². The predicted octanol–water partition coefficient (Wildman–Crippen LogP) is 2.79. The van der Waals surface area contributed by atoms with E-state index in [0.717, 1.165) is 6.42 Å². The Morgan fingerprint density at radius 1 is 1.22 bits per heavy atom. The number of hydrogen-bond acceptors (Lipinski definition) is 4. The first-order valence-corrected chi connectivity index (χ1v) is 8.21. The van der Waals surface area contributed by atoms with Gasteiger partial charge in [-0.25, -0.2) is 0 Å². The van der Waals surface area contributed by atoms with Gasteiger partial charge in [-0.3, -0.25) is 9.59 Å². The fourth-order valence-corrected chi connectivity index (χ4v) is 2.85. The number of para-hydroxylation sites is 1. The molecule has 0 aliphatic rings. The second kappa shape index (κ2) is 8.45. The molecule has 6 heteroatoms. The molecule has 1 N–H and O–H groups in total. The van der Waals surface area contributed by atoms with Crippen molar-refractivity contribution in [2.24, 2.45) is 0 Å². The Hall–Kier alpha value is -2.18. The highest BCUT2D eigenvalue weighted by molar-refractivity contribution is 7.12. The van der Waals surface area contributed by atoms with E-state index in [0.29, 0.717) is 29.3 Å². The maximum absolute atomic E-state index is 12.5. The number of hydrogen-bond donors (Lipinski definition) is 1. The van der Waals surface area contributed by atoms with Crippen molar-refractivity contribution in [3.05, 3.63) is 52.2 Å². The lowest BCUT2D eigenvalue weighted by molar-refractivity contribution is 0.0949. The fraction of sp³-hybridized carbons (Fsp3) is 0.294. The Kier molecular flexibility index (Phi) is 6.31. The van der Waals surface area contributed by atoms with Crippen molar-refractivity contribution in [2.75, 3.05) is 32.2 Å². The van der Waals surface area contributed by atoms with Crippen LogP contribution < -0.4 is 10.2 Å². The molecular weight excluding hydrogens is 312 g/mol. The minimum Gasteiger partial charge on any atom is -0.385 e. The van der Waals surface area contributed by atoms with Gasteiger partial charge in [-0.05, 0) is 30.0 Å². The fourth-order valence-electron chi connectivity index (χ4n) is 2.15. The number of benzene rings is 1. The minimum absolute atomic E-state index is 0.125. The van der Waals surface area contributed by atoms with Gasteiger partial charge in [-0.2, -0.15) is 0 Å². The zero-order valence-corrected chi connectivity index (χ0v) is 14.1. The molecule has 0 unspecified atom stereocenters. The summed E-state index contributed by atoms with van der Waals surface area (Å²) in [6.07, 6.45) is 0.744. The molecule has 1 heterocycles. The molecule has 0 spiro atoms. The van der Waals surface area contributed by atoms with E-state index < -0.39 is 0 Å². The second-order valence-electron chi connectivity index (χ2n) is 4.96. The van der Waals surface area contributed by atoms with E-state index in [1.54, 1.807) is 38.4 Å². The van der Waals surface area contributed by atoms with Crippen LogP contribution in [0.2, 0.25) is 0 Å². The van der Waals surface area contributed by atoms with E-state index in [1.807, 2.05) is 17.5 Å². The molecule has 0 radical (unpaired) electrons. The summed E-state index contributed by atoms with van der Waals surface area (Å²) in [4.78, 5) is 27.0. The summed E-state index contributed by atoms with van der Waals surface area (Å²) in [5, 5.41) is 4.71. The first kappa shape index (κ1) is 17.2. The molecule has 2 rings (SSSR count). The lowest BCUT2D eigenvalue weighted by Crippen LogP contribution is -2.31. The lowest BCUT2D eigenvalue weighted by atomic mass is 10.1. The van der Waals surface area contributed by atoms with Gasteiger partial charge < -0.3 is 15.0 Å². The third-order valence-corrected chi connectivity index (χ3v) is 4.22. The number of nitrogens with zero attached hydrogens (tertiary/aromatic N) is 1. The van der Waals surface area contributed by atoms with Crippen LogP contribution in [-0.4, -0.2) is 39.1 Å². The third-order valence-electron chi connectivity index (χ3n) is 3.36. The van der Waals surface area contributed by atoms with Crippen LogP contribution >= 0.6 is 11.3 Å². The van der Waals surface area contributed by atoms with Crippen molar-refractivity contribution >= 4 is 28.8 Å². The van der Waals surface area contributed by atoms with Crippen molar-refractivity contribution < 1.29 is 14.3 Å². The Morgan fingerprint density at radius 2 is 2.00 bits per heavy atom. The molecule has 1 aromatic carbocycles. The van der Waals surface area contributed by atoms with Crippen LogP contribution in [0.15, 0.2) is 41.8 Å². The van der Waals surface area contributed by atoms with Gasteiger partial charge in [0.1, 0.15) is 0 Å². The molecule has 2 aromatic rings. The van der Waals surface area contributed by atoms with Crippen LogP contribution in [0.3, 0.4) is 0 Å². The summed E-state index contributed by atoms with van der Waals surface area (Å²) < 4.78 is 4.96. The minimum atomic E-state index is -0.192. The molecule has 0 saturated heterocycles. The number of rotatable bonds is 7. The largest absolute Gasteiger partial charge is 0.385 e. The average Bonchev–Trinajstić information content (AvgIpc) is 3.11. The van der Waals surface area contributed by atoms with Crippen molar-refractivity contribution in [1.82, 2.24) is 5.32 Å². The second-order valence-corrected chi connectivity index (χ2v) is 5.91. The van der Waals surface area contributed by atoms with Crippen LogP contribution in [0.1, 0.15) is 26.5 Å². The molecule has 0 aliphatic carbocycles. The van der Waals surface area contributed by atoms with Crippen LogP contribution in [0.4, 0.5) is 5.69 Å². The molecule has 1 aromatic heterocycles. The summed E-state index contributed by atoms with van der Waals surface area (Å²) in [7, 11) is 3.31. The maximum Gasteiger partial charge on any atom is 0.268 e. The van der Waals surface area contributed by atoms with Crippen molar-refractivity contribution in [2.45, 2.75) is 6.42 Å². The van der Waals surface area contributed by atoms with Gasteiger partial charge in [0.25, 0.3) is 11.8 Å². The molecule has 2 amide bonds. The highest BCUT2D eigenvalue weighted by Gasteiger charge is 2.19. The molecule has 0 fully saturated rings. The Morgan fingerprint density at radius 3 is 2.70 bits per heavy atom. The van der Waals surface area contributed by atoms with E-state index in [1.165, 1.54) is 16.2 Å². The Balaban J connectivity index is 2.13. The lowest BCUT2D eigenvalue weighted by Gasteiger charge is -2.19. The molecular formula is C17H20N2O3S. The molecule has 0 aliphatic heterocycles. The van der Waals surface area contributed by atoms with Gasteiger partial charge in [0, 0.05) is 27.3 Å². The topological polar surface area (TPSA) is 58.6 Å². The van der Waals surface area contributed by atoms with E-state index in [2.05, 4.69) is 5.32 Å². The Bertz CT molecular complexity index is 656. The van der Waals surface area contributed by atoms with Gasteiger partial charge in [0.2, 0.25) is 0 Å². The van der Waals surface area contributed by atoms with Gasteiger partial charge in [-0.15, -0.1) is 11.3 Å². The third kappa shape index (κ3) is 4.40. The molecule has 5 nitrogen and oxygen atoms in total. The van der Waals surface area contributed by atoms with Gasteiger partial charge in [-0.1, -0.05) is 18.2 Å². The van der Waals surface area contributed by atoms with Crippen LogP contribution in [0.25, 0.3) is 0 Å². The molecule has 23 heavy (non-hydrogen) atoms. The summed E-state index contributed by atoms with van der Waals surface area (Å²) in [5.41, 5.74) is 1.08. The number of amides is 2. The van der Waals surface area contributed by atoms with E-state index in [-0.39, 0.29) is 11.8 Å².